The van der Waals surface area contributed by atoms with Gasteiger partial charge >= 0.3 is 6.18 Å². The van der Waals surface area contributed by atoms with Gasteiger partial charge in [-0.25, -0.2) is 4.98 Å². The molecule has 3 aromatic rings. The fourth-order valence-corrected chi connectivity index (χ4v) is 2.97. The van der Waals surface area contributed by atoms with E-state index in [-0.39, 0.29) is 6.42 Å². The normalized spacial score (nSPS) is 12.6. The quantitative estimate of drug-likeness (QED) is 0.540. The second kappa shape index (κ2) is 6.17. The first-order valence-corrected chi connectivity index (χ1v) is 8.20. The van der Waals surface area contributed by atoms with E-state index in [1.807, 2.05) is 55.5 Å². The van der Waals surface area contributed by atoms with E-state index in [0.29, 0.717) is 11.3 Å². The van der Waals surface area contributed by atoms with Crippen molar-refractivity contribution < 1.29 is 13.2 Å². The highest BCUT2D eigenvalue weighted by Crippen LogP contribution is 2.41. The Morgan fingerprint density at radius 2 is 1.56 bits per heavy atom. The SMILES string of the molecule is Cc1ccccc1-c1cc(CC(C)(C)C(F)(F)F)c2ccccc2n1. The molecule has 0 amide bonds. The summed E-state index contributed by atoms with van der Waals surface area (Å²) in [6, 6.07) is 17.0. The molecule has 0 aliphatic heterocycles. The van der Waals surface area contributed by atoms with Crippen LogP contribution in [0.3, 0.4) is 0 Å². The highest BCUT2D eigenvalue weighted by molar-refractivity contribution is 5.85. The van der Waals surface area contributed by atoms with Crippen molar-refractivity contribution >= 4 is 10.9 Å². The molecular weight excluding hydrogens is 323 g/mol. The van der Waals surface area contributed by atoms with E-state index in [2.05, 4.69) is 4.98 Å². The molecular formula is C21H20F3N. The van der Waals surface area contributed by atoms with E-state index in [9.17, 15) is 13.2 Å². The zero-order valence-corrected chi connectivity index (χ0v) is 14.5. The summed E-state index contributed by atoms with van der Waals surface area (Å²) in [5.74, 6) is 0. The number of hydrogen-bond donors (Lipinski definition) is 0. The molecule has 4 heteroatoms. The lowest BCUT2D eigenvalue weighted by atomic mass is 9.83. The highest BCUT2D eigenvalue weighted by Gasteiger charge is 2.47. The van der Waals surface area contributed by atoms with Crippen molar-refractivity contribution in [2.24, 2.45) is 5.41 Å². The molecule has 0 bridgehead atoms. The number of benzene rings is 2. The Balaban J connectivity index is 2.19. The van der Waals surface area contributed by atoms with E-state index < -0.39 is 11.6 Å². The Labute approximate surface area is 145 Å². The molecule has 0 unspecified atom stereocenters. The lowest BCUT2D eigenvalue weighted by Gasteiger charge is -2.28. The second-order valence-corrected chi connectivity index (χ2v) is 7.06. The van der Waals surface area contributed by atoms with Gasteiger partial charge in [0.25, 0.3) is 0 Å². The Morgan fingerprint density at radius 1 is 0.920 bits per heavy atom. The highest BCUT2D eigenvalue weighted by atomic mass is 19.4. The van der Waals surface area contributed by atoms with Crippen LogP contribution in [0.2, 0.25) is 0 Å². The van der Waals surface area contributed by atoms with Crippen LogP contribution in [-0.4, -0.2) is 11.2 Å². The van der Waals surface area contributed by atoms with Gasteiger partial charge in [-0.05, 0) is 36.6 Å². The van der Waals surface area contributed by atoms with Gasteiger partial charge in [0.2, 0.25) is 0 Å². The van der Waals surface area contributed by atoms with Crippen LogP contribution in [0.5, 0.6) is 0 Å². The summed E-state index contributed by atoms with van der Waals surface area (Å²) in [4.78, 5) is 4.68. The summed E-state index contributed by atoms with van der Waals surface area (Å²) < 4.78 is 40.2. The topological polar surface area (TPSA) is 12.9 Å². The molecule has 0 atom stereocenters. The summed E-state index contributed by atoms with van der Waals surface area (Å²) in [7, 11) is 0. The van der Waals surface area contributed by atoms with Gasteiger partial charge in [0.05, 0.1) is 16.6 Å². The maximum absolute atomic E-state index is 13.4. The number of halogens is 3. The first-order valence-electron chi connectivity index (χ1n) is 8.20. The zero-order valence-electron chi connectivity index (χ0n) is 14.5. The van der Waals surface area contributed by atoms with Crippen LogP contribution < -0.4 is 0 Å². The average molecular weight is 343 g/mol. The average Bonchev–Trinajstić information content (AvgIpc) is 2.54. The molecule has 0 fully saturated rings. The largest absolute Gasteiger partial charge is 0.394 e. The maximum Gasteiger partial charge on any atom is 0.394 e. The fourth-order valence-electron chi connectivity index (χ4n) is 2.97. The fraction of sp³-hybridized carbons (Fsp3) is 0.286. The third-order valence-corrected chi connectivity index (χ3v) is 4.62. The summed E-state index contributed by atoms with van der Waals surface area (Å²) in [5.41, 5.74) is 2.29. The van der Waals surface area contributed by atoms with E-state index in [4.69, 9.17) is 0 Å². The van der Waals surface area contributed by atoms with Crippen LogP contribution in [0.4, 0.5) is 13.2 Å². The van der Waals surface area contributed by atoms with Gasteiger partial charge in [0, 0.05) is 10.9 Å². The molecule has 3 rings (SSSR count). The smallest absolute Gasteiger partial charge is 0.248 e. The Bertz CT molecular complexity index is 910. The standard InChI is InChI=1S/C21H20F3N/c1-14-8-4-5-9-16(14)19-12-15(13-20(2,3)21(22,23)24)17-10-6-7-11-18(17)25-19/h4-12H,13H2,1-3H3. The third-order valence-electron chi connectivity index (χ3n) is 4.62. The maximum atomic E-state index is 13.4. The summed E-state index contributed by atoms with van der Waals surface area (Å²) in [5, 5.41) is 0.775. The van der Waals surface area contributed by atoms with Crippen molar-refractivity contribution in [3.63, 3.8) is 0 Å². The minimum atomic E-state index is -4.26. The molecule has 0 aliphatic rings. The van der Waals surface area contributed by atoms with Gasteiger partial charge in [-0.1, -0.05) is 56.3 Å². The minimum Gasteiger partial charge on any atom is -0.248 e. The van der Waals surface area contributed by atoms with Crippen molar-refractivity contribution in [3.05, 3.63) is 65.7 Å². The summed E-state index contributed by atoms with van der Waals surface area (Å²) in [6.45, 7) is 4.47. The number of aryl methyl sites for hydroxylation is 1. The number of pyridine rings is 1. The first kappa shape index (κ1) is 17.5. The number of nitrogens with zero attached hydrogens (tertiary/aromatic N) is 1. The predicted molar refractivity (Wildman–Crippen MR) is 95.5 cm³/mol. The molecule has 1 heterocycles. The predicted octanol–water partition coefficient (Wildman–Crippen LogP) is 6.34. The van der Waals surface area contributed by atoms with E-state index in [1.165, 1.54) is 13.8 Å². The second-order valence-electron chi connectivity index (χ2n) is 7.06. The number of hydrogen-bond acceptors (Lipinski definition) is 1. The third kappa shape index (κ3) is 3.39. The van der Waals surface area contributed by atoms with Crippen LogP contribution in [0.15, 0.2) is 54.6 Å². The molecule has 1 aromatic heterocycles. The Kier molecular flexibility index (Phi) is 4.31. The van der Waals surface area contributed by atoms with Crippen LogP contribution in [0.1, 0.15) is 25.0 Å². The number of rotatable bonds is 3. The summed E-state index contributed by atoms with van der Waals surface area (Å²) in [6.07, 6.45) is -4.35. The van der Waals surface area contributed by atoms with Crippen molar-refractivity contribution in [3.8, 4) is 11.3 Å². The van der Waals surface area contributed by atoms with Gasteiger partial charge in [0.15, 0.2) is 0 Å². The molecule has 1 nitrogen and oxygen atoms in total. The molecule has 0 radical (unpaired) electrons. The van der Waals surface area contributed by atoms with Crippen molar-refractivity contribution in [2.75, 3.05) is 0 Å². The number of aromatic nitrogens is 1. The Hall–Kier alpha value is -2.36. The van der Waals surface area contributed by atoms with Crippen molar-refractivity contribution in [1.82, 2.24) is 4.98 Å². The number of fused-ring (bicyclic) bond motifs is 1. The molecule has 130 valence electrons. The molecule has 0 saturated carbocycles. The first-order chi connectivity index (χ1) is 11.7. The van der Waals surface area contributed by atoms with Crippen LogP contribution >= 0.6 is 0 Å². The minimum absolute atomic E-state index is 0.0849. The molecule has 0 saturated heterocycles. The zero-order chi connectivity index (χ0) is 18.2. The van der Waals surface area contributed by atoms with Gasteiger partial charge in [0.1, 0.15) is 0 Å². The summed E-state index contributed by atoms with van der Waals surface area (Å²) >= 11 is 0. The molecule has 0 spiro atoms. The van der Waals surface area contributed by atoms with Crippen molar-refractivity contribution in [2.45, 2.75) is 33.4 Å². The van der Waals surface area contributed by atoms with E-state index in [0.717, 1.165) is 22.0 Å². The number of para-hydroxylation sites is 1. The van der Waals surface area contributed by atoms with Crippen LogP contribution in [0, 0.1) is 12.3 Å². The molecule has 25 heavy (non-hydrogen) atoms. The van der Waals surface area contributed by atoms with E-state index >= 15 is 0 Å². The lowest BCUT2D eigenvalue weighted by molar-refractivity contribution is -0.210. The molecule has 2 aromatic carbocycles. The Morgan fingerprint density at radius 3 is 2.24 bits per heavy atom. The lowest BCUT2D eigenvalue weighted by Crippen LogP contribution is -2.34. The van der Waals surface area contributed by atoms with E-state index in [1.54, 1.807) is 6.07 Å². The van der Waals surface area contributed by atoms with Gasteiger partial charge in [-0.15, -0.1) is 0 Å². The van der Waals surface area contributed by atoms with Crippen molar-refractivity contribution in [1.29, 1.82) is 0 Å². The van der Waals surface area contributed by atoms with Crippen LogP contribution in [0.25, 0.3) is 22.2 Å². The van der Waals surface area contributed by atoms with Gasteiger partial charge in [-0.3, -0.25) is 0 Å². The van der Waals surface area contributed by atoms with Gasteiger partial charge < -0.3 is 0 Å². The number of alkyl halides is 3. The molecule has 0 aliphatic carbocycles. The van der Waals surface area contributed by atoms with Crippen LogP contribution in [-0.2, 0) is 6.42 Å². The molecule has 0 N–H and O–H groups in total. The monoisotopic (exact) mass is 343 g/mol. The van der Waals surface area contributed by atoms with Gasteiger partial charge in [-0.2, -0.15) is 13.2 Å².